The monoisotopic (exact) mass is 748 g/mol. The van der Waals surface area contributed by atoms with E-state index in [0.717, 1.165) is 22.3 Å². The third-order valence-electron chi connectivity index (χ3n) is 9.98. The molecular weight excluding hydrogens is 696 g/mol. The van der Waals surface area contributed by atoms with E-state index in [2.05, 4.69) is 156 Å². The molecule has 0 N–H and O–H groups in total. The van der Waals surface area contributed by atoms with E-state index in [0.29, 0.717) is 17.8 Å². The van der Waals surface area contributed by atoms with Gasteiger partial charge < -0.3 is 0 Å². The molecule has 0 aliphatic carbocycles. The number of hydrogen-bond acceptors (Lipinski definition) is 2. The van der Waals surface area contributed by atoms with Gasteiger partial charge in [-0.25, -0.2) is 0 Å². The molecule has 1 heterocycles. The summed E-state index contributed by atoms with van der Waals surface area (Å²) in [5.41, 5.74) is 8.35. The number of benzene rings is 5. The second-order valence-electron chi connectivity index (χ2n) is 15.6. The molecule has 5 aromatic rings. The van der Waals surface area contributed by atoms with E-state index in [9.17, 15) is 0 Å². The van der Waals surface area contributed by atoms with Crippen LogP contribution in [0.2, 0.25) is 4.25 Å². The predicted molar refractivity (Wildman–Crippen MR) is 208 cm³/mol. The molecule has 0 bridgehead atoms. The van der Waals surface area contributed by atoms with Gasteiger partial charge in [0, 0.05) is 0 Å². The van der Waals surface area contributed by atoms with Crippen LogP contribution in [0.15, 0.2) is 72.8 Å². The van der Waals surface area contributed by atoms with Crippen LogP contribution in [0.3, 0.4) is 0 Å². The Morgan fingerprint density at radius 1 is 0.617 bits per heavy atom. The van der Waals surface area contributed by atoms with Crippen LogP contribution in [-0.2, 0) is 0 Å². The normalized spacial score (nSPS) is 17.6. The molecule has 6 rings (SSSR count). The SMILES string of the molecule is Cc1cc(C)c([As]=[C]2Oc3c(c4ccccc4c4ccccc34)[O][Ge]2([c]2c(C(C)C)cc(C(C)C)cc2C(C)C)[C](C)(C)C)c(C)c1. The third-order valence-corrected chi connectivity index (χ3v) is 26.9. The Labute approximate surface area is 292 Å². The van der Waals surface area contributed by atoms with Crippen LogP contribution in [0, 0.1) is 20.8 Å². The minimum absolute atomic E-state index is 0.158. The van der Waals surface area contributed by atoms with E-state index in [1.807, 2.05) is 0 Å². The summed E-state index contributed by atoms with van der Waals surface area (Å²) >= 11 is -4.41. The van der Waals surface area contributed by atoms with Gasteiger partial charge in [-0.2, -0.15) is 0 Å². The average Bonchev–Trinajstić information content (AvgIpc) is 3.01. The van der Waals surface area contributed by atoms with Crippen LogP contribution in [0.1, 0.15) is 113 Å². The van der Waals surface area contributed by atoms with E-state index < -0.39 is 28.9 Å². The summed E-state index contributed by atoms with van der Waals surface area (Å²) in [5.74, 6) is 2.99. The van der Waals surface area contributed by atoms with Crippen molar-refractivity contribution in [2.45, 2.75) is 105 Å². The van der Waals surface area contributed by atoms with Gasteiger partial charge in [0.25, 0.3) is 0 Å². The fourth-order valence-corrected chi connectivity index (χ4v) is 27.1. The summed E-state index contributed by atoms with van der Waals surface area (Å²) in [5, 5.41) is 4.72. The molecule has 5 aromatic carbocycles. The topological polar surface area (TPSA) is 18.5 Å². The third kappa shape index (κ3) is 5.72. The molecule has 1 unspecified atom stereocenters. The van der Waals surface area contributed by atoms with Crippen molar-refractivity contribution in [3.05, 3.63) is 106 Å². The number of ether oxygens (including phenoxy) is 1. The molecule has 0 amide bonds. The van der Waals surface area contributed by atoms with Crippen LogP contribution >= 0.6 is 0 Å². The van der Waals surface area contributed by atoms with Crippen LogP contribution in [-0.4, -0.2) is 32.2 Å². The summed E-state index contributed by atoms with van der Waals surface area (Å²) in [6, 6.07) is 27.2. The molecule has 0 radical (unpaired) electrons. The zero-order valence-electron chi connectivity index (χ0n) is 30.4. The van der Waals surface area contributed by atoms with Crippen molar-refractivity contribution in [3.63, 3.8) is 0 Å². The van der Waals surface area contributed by atoms with Crippen LogP contribution in [0.5, 0.6) is 11.5 Å². The maximum atomic E-state index is 8.11. The van der Waals surface area contributed by atoms with Crippen LogP contribution in [0.25, 0.3) is 21.5 Å². The number of rotatable bonds is 5. The minimum atomic E-state index is -3.93. The van der Waals surface area contributed by atoms with Gasteiger partial charge in [-0.3, -0.25) is 0 Å². The molecule has 4 heteroatoms. The van der Waals surface area contributed by atoms with Gasteiger partial charge in [0.1, 0.15) is 0 Å². The standard InChI is InChI=1S/C43H51AsGeO2/c1-25(2)31-23-36(26(3)4)39(37(24-31)27(5)6)45(43(10,11)12)42(44-38-29(8)21-28(7)22-30(38)9)46-40-34-19-15-13-17-32(34)33-18-14-16-20-35(33)41(40)47-45/h13-27H,1-12H3. The van der Waals surface area contributed by atoms with Gasteiger partial charge in [0.05, 0.1) is 0 Å². The van der Waals surface area contributed by atoms with E-state index in [-0.39, 0.29) is 4.25 Å². The first-order chi connectivity index (χ1) is 22.2. The molecule has 1 aliphatic rings. The Bertz CT molecular complexity index is 1990. The van der Waals surface area contributed by atoms with Gasteiger partial charge in [0.15, 0.2) is 0 Å². The Kier molecular flexibility index (Phi) is 9.12. The second-order valence-corrected chi connectivity index (χ2v) is 28.2. The fraction of sp³-hybridized carbons (Fsp3) is 0.372. The molecule has 1 aliphatic heterocycles. The first-order valence-corrected chi connectivity index (χ1v) is 23.2. The number of fused-ring (bicyclic) bond motifs is 6. The summed E-state index contributed by atoms with van der Waals surface area (Å²) in [6.07, 6.45) is 0. The van der Waals surface area contributed by atoms with Crippen molar-refractivity contribution in [2.75, 3.05) is 0 Å². The predicted octanol–water partition coefficient (Wildman–Crippen LogP) is 10.4. The Hall–Kier alpha value is -2.81. The van der Waals surface area contributed by atoms with Gasteiger partial charge >= 0.3 is 294 Å². The summed E-state index contributed by atoms with van der Waals surface area (Å²) in [6.45, 7) is 28.2. The van der Waals surface area contributed by atoms with Crippen molar-refractivity contribution in [3.8, 4) is 11.5 Å². The number of aryl methyl sites for hydroxylation is 3. The summed E-state index contributed by atoms with van der Waals surface area (Å²) in [7, 11) is 0. The molecule has 0 saturated carbocycles. The molecule has 1 atom stereocenters. The van der Waals surface area contributed by atoms with Gasteiger partial charge in [-0.1, -0.05) is 0 Å². The summed E-state index contributed by atoms with van der Waals surface area (Å²) in [4.78, 5) is 0. The second kappa shape index (κ2) is 12.6. The Morgan fingerprint density at radius 2 is 1.09 bits per heavy atom. The zero-order valence-corrected chi connectivity index (χ0v) is 34.4. The van der Waals surface area contributed by atoms with Crippen molar-refractivity contribution < 1.29 is 8.50 Å². The van der Waals surface area contributed by atoms with E-state index in [4.69, 9.17) is 8.50 Å². The van der Waals surface area contributed by atoms with Gasteiger partial charge in [-0.05, 0) is 0 Å². The molecule has 0 saturated heterocycles. The van der Waals surface area contributed by atoms with Crippen molar-refractivity contribution in [1.29, 1.82) is 0 Å². The first kappa shape index (κ1) is 34.1. The molecular formula is C43H51AsGeO2. The van der Waals surface area contributed by atoms with Crippen LogP contribution < -0.4 is 17.2 Å². The molecule has 244 valence electrons. The van der Waals surface area contributed by atoms with Crippen molar-refractivity contribution in [2.24, 2.45) is 0 Å². The summed E-state index contributed by atoms with van der Waals surface area (Å²) < 4.78 is 19.8. The van der Waals surface area contributed by atoms with E-state index >= 15 is 0 Å². The van der Waals surface area contributed by atoms with Crippen LogP contribution in [0.4, 0.5) is 0 Å². The van der Waals surface area contributed by atoms with Crippen molar-refractivity contribution in [1.82, 2.24) is 0 Å². The maximum absolute atomic E-state index is 8.11. The van der Waals surface area contributed by atoms with Gasteiger partial charge in [0.2, 0.25) is 0 Å². The van der Waals surface area contributed by atoms with Crippen molar-refractivity contribution >= 4 is 62.5 Å². The Morgan fingerprint density at radius 3 is 1.53 bits per heavy atom. The average molecular weight is 747 g/mol. The Balaban J connectivity index is 1.84. The quantitative estimate of drug-likeness (QED) is 0.132. The molecule has 47 heavy (non-hydrogen) atoms. The molecule has 0 spiro atoms. The zero-order chi connectivity index (χ0) is 34.0. The van der Waals surface area contributed by atoms with E-state index in [1.54, 1.807) is 0 Å². The first-order valence-electron chi connectivity index (χ1n) is 17.3. The van der Waals surface area contributed by atoms with E-state index in [1.165, 1.54) is 56.2 Å². The molecule has 0 fully saturated rings. The fourth-order valence-electron chi connectivity index (χ4n) is 7.57. The van der Waals surface area contributed by atoms with Gasteiger partial charge in [-0.15, -0.1) is 0 Å². The molecule has 0 aromatic heterocycles. The molecule has 2 nitrogen and oxygen atoms in total. The number of hydrogen-bond donors (Lipinski definition) is 0.